The van der Waals surface area contributed by atoms with Gasteiger partial charge in [0, 0.05) is 0 Å². The normalized spacial score (nSPS) is 9.35. The fourth-order valence-electron chi connectivity index (χ4n) is 1.28. The SMILES string of the molecule is Cc1ccc(CO)cc1.OCc1ccccc1. The van der Waals surface area contributed by atoms with Gasteiger partial charge in [-0.15, -0.1) is 0 Å². The third-order valence-electron chi connectivity index (χ3n) is 2.33. The summed E-state index contributed by atoms with van der Waals surface area (Å²) in [7, 11) is 0. The highest BCUT2D eigenvalue weighted by Crippen LogP contribution is 2.01. The van der Waals surface area contributed by atoms with Crippen LogP contribution in [0.3, 0.4) is 0 Å². The first-order valence-corrected chi connectivity index (χ1v) is 5.57. The van der Waals surface area contributed by atoms with Crippen molar-refractivity contribution in [1.82, 2.24) is 0 Å². The number of aryl methyl sites for hydroxylation is 1. The van der Waals surface area contributed by atoms with Crippen molar-refractivity contribution in [2.24, 2.45) is 0 Å². The number of benzene rings is 2. The van der Waals surface area contributed by atoms with Gasteiger partial charge in [0.2, 0.25) is 0 Å². The Balaban J connectivity index is 0.000000171. The average molecular weight is 230 g/mol. The second-order valence-corrected chi connectivity index (χ2v) is 3.79. The minimum absolute atomic E-state index is 0.139. The van der Waals surface area contributed by atoms with Crippen molar-refractivity contribution in [3.63, 3.8) is 0 Å². The van der Waals surface area contributed by atoms with E-state index in [9.17, 15) is 0 Å². The van der Waals surface area contributed by atoms with E-state index >= 15 is 0 Å². The Labute approximate surface area is 102 Å². The minimum atomic E-state index is 0.139. The number of rotatable bonds is 2. The van der Waals surface area contributed by atoms with Crippen molar-refractivity contribution in [2.75, 3.05) is 0 Å². The first-order chi connectivity index (χ1) is 8.26. The van der Waals surface area contributed by atoms with E-state index in [1.807, 2.05) is 61.5 Å². The van der Waals surface area contributed by atoms with Gasteiger partial charge in [-0.1, -0.05) is 60.2 Å². The monoisotopic (exact) mass is 230 g/mol. The van der Waals surface area contributed by atoms with Crippen molar-refractivity contribution in [3.8, 4) is 0 Å². The Morgan fingerprint density at radius 1 is 0.706 bits per heavy atom. The van der Waals surface area contributed by atoms with Crippen molar-refractivity contribution in [2.45, 2.75) is 20.1 Å². The summed E-state index contributed by atoms with van der Waals surface area (Å²) in [6.45, 7) is 2.31. The number of hydrogen-bond donors (Lipinski definition) is 2. The average Bonchev–Trinajstić information content (AvgIpc) is 2.41. The van der Waals surface area contributed by atoms with Gasteiger partial charge < -0.3 is 10.2 Å². The van der Waals surface area contributed by atoms with E-state index in [2.05, 4.69) is 0 Å². The van der Waals surface area contributed by atoms with E-state index < -0.39 is 0 Å². The Morgan fingerprint density at radius 2 is 1.18 bits per heavy atom. The van der Waals surface area contributed by atoms with E-state index in [1.165, 1.54) is 5.56 Å². The largest absolute Gasteiger partial charge is 0.392 e. The maximum Gasteiger partial charge on any atom is 0.0681 e. The van der Waals surface area contributed by atoms with E-state index in [0.717, 1.165) is 11.1 Å². The summed E-state index contributed by atoms with van der Waals surface area (Å²) in [5.74, 6) is 0. The second-order valence-electron chi connectivity index (χ2n) is 3.79. The maximum atomic E-state index is 8.63. The molecule has 0 saturated heterocycles. The quantitative estimate of drug-likeness (QED) is 0.832. The summed E-state index contributed by atoms with van der Waals surface area (Å²) in [5, 5.41) is 17.2. The van der Waals surface area contributed by atoms with Crippen LogP contribution in [0.1, 0.15) is 16.7 Å². The molecule has 0 atom stereocenters. The van der Waals surface area contributed by atoms with Crippen LogP contribution in [0.5, 0.6) is 0 Å². The molecule has 2 N–H and O–H groups in total. The molecule has 0 fully saturated rings. The lowest BCUT2D eigenvalue weighted by atomic mass is 10.2. The molecule has 0 aliphatic rings. The predicted octanol–water partition coefficient (Wildman–Crippen LogP) is 2.67. The van der Waals surface area contributed by atoms with Gasteiger partial charge in [-0.05, 0) is 18.1 Å². The first-order valence-electron chi connectivity index (χ1n) is 5.57. The third-order valence-corrected chi connectivity index (χ3v) is 2.33. The molecule has 2 heteroatoms. The number of aliphatic hydroxyl groups is 2. The molecule has 2 nitrogen and oxygen atoms in total. The lowest BCUT2D eigenvalue weighted by Gasteiger charge is -1.93. The van der Waals surface area contributed by atoms with Gasteiger partial charge in [0.25, 0.3) is 0 Å². The van der Waals surface area contributed by atoms with Crippen LogP contribution >= 0.6 is 0 Å². The van der Waals surface area contributed by atoms with Crippen LogP contribution in [-0.2, 0) is 13.2 Å². The highest BCUT2D eigenvalue weighted by atomic mass is 16.3. The molecule has 2 rings (SSSR count). The van der Waals surface area contributed by atoms with E-state index in [-0.39, 0.29) is 13.2 Å². The van der Waals surface area contributed by atoms with E-state index in [4.69, 9.17) is 10.2 Å². The Kier molecular flexibility index (Phi) is 6.00. The van der Waals surface area contributed by atoms with Crippen molar-refractivity contribution in [3.05, 3.63) is 71.3 Å². The summed E-state index contributed by atoms with van der Waals surface area (Å²) in [5.41, 5.74) is 3.17. The van der Waals surface area contributed by atoms with Crippen molar-refractivity contribution >= 4 is 0 Å². The lowest BCUT2D eigenvalue weighted by molar-refractivity contribution is 0.281. The molecule has 90 valence electrons. The molecule has 0 amide bonds. The highest BCUT2D eigenvalue weighted by molar-refractivity contribution is 5.20. The van der Waals surface area contributed by atoms with Gasteiger partial charge >= 0.3 is 0 Å². The van der Waals surface area contributed by atoms with Gasteiger partial charge in [0.05, 0.1) is 13.2 Å². The smallest absolute Gasteiger partial charge is 0.0681 e. The minimum Gasteiger partial charge on any atom is -0.392 e. The van der Waals surface area contributed by atoms with Gasteiger partial charge in [-0.2, -0.15) is 0 Å². The van der Waals surface area contributed by atoms with Crippen LogP contribution in [0.25, 0.3) is 0 Å². The maximum absolute atomic E-state index is 8.63. The van der Waals surface area contributed by atoms with Crippen LogP contribution in [0, 0.1) is 6.92 Å². The molecule has 0 aromatic heterocycles. The summed E-state index contributed by atoms with van der Waals surface area (Å²) in [4.78, 5) is 0. The van der Waals surface area contributed by atoms with Crippen LogP contribution in [0.2, 0.25) is 0 Å². The standard InChI is InChI=1S/C8H10O.C7H8O/c1-7-2-4-8(6-9)5-3-7;8-6-7-4-2-1-3-5-7/h2-5,9H,6H2,1H3;1-5,8H,6H2. The summed E-state index contributed by atoms with van der Waals surface area (Å²) in [6.07, 6.45) is 0. The van der Waals surface area contributed by atoms with Crippen LogP contribution < -0.4 is 0 Å². The van der Waals surface area contributed by atoms with Crippen LogP contribution in [0.4, 0.5) is 0 Å². The number of aliphatic hydroxyl groups excluding tert-OH is 2. The van der Waals surface area contributed by atoms with E-state index in [1.54, 1.807) is 0 Å². The molecule has 0 spiro atoms. The molecule has 17 heavy (non-hydrogen) atoms. The molecule has 0 radical (unpaired) electrons. The first kappa shape index (κ1) is 13.4. The van der Waals surface area contributed by atoms with Crippen LogP contribution in [-0.4, -0.2) is 10.2 Å². The molecule has 2 aromatic carbocycles. The Bertz CT molecular complexity index is 407. The molecule has 2 aromatic rings. The third kappa shape index (κ3) is 5.29. The zero-order chi connectivity index (χ0) is 12.5. The molecular weight excluding hydrogens is 212 g/mol. The number of hydrogen-bond acceptors (Lipinski definition) is 2. The predicted molar refractivity (Wildman–Crippen MR) is 69.5 cm³/mol. The molecule has 0 saturated carbocycles. The zero-order valence-corrected chi connectivity index (χ0v) is 10.0. The van der Waals surface area contributed by atoms with Crippen molar-refractivity contribution in [1.29, 1.82) is 0 Å². The van der Waals surface area contributed by atoms with Gasteiger partial charge in [-0.3, -0.25) is 0 Å². The fourth-order valence-corrected chi connectivity index (χ4v) is 1.28. The Hall–Kier alpha value is -1.64. The fraction of sp³-hybridized carbons (Fsp3) is 0.200. The lowest BCUT2D eigenvalue weighted by Crippen LogP contribution is -1.80. The molecule has 0 heterocycles. The molecule has 0 aliphatic heterocycles. The van der Waals surface area contributed by atoms with E-state index in [0.29, 0.717) is 0 Å². The molecule has 0 aliphatic carbocycles. The molecule has 0 unspecified atom stereocenters. The van der Waals surface area contributed by atoms with Crippen molar-refractivity contribution < 1.29 is 10.2 Å². The topological polar surface area (TPSA) is 40.5 Å². The van der Waals surface area contributed by atoms with Gasteiger partial charge in [0.1, 0.15) is 0 Å². The van der Waals surface area contributed by atoms with Gasteiger partial charge in [-0.25, -0.2) is 0 Å². The highest BCUT2D eigenvalue weighted by Gasteiger charge is 1.85. The Morgan fingerprint density at radius 3 is 1.59 bits per heavy atom. The van der Waals surface area contributed by atoms with Gasteiger partial charge in [0.15, 0.2) is 0 Å². The summed E-state index contributed by atoms with van der Waals surface area (Å²) >= 11 is 0. The second kappa shape index (κ2) is 7.60. The van der Waals surface area contributed by atoms with Crippen LogP contribution in [0.15, 0.2) is 54.6 Å². The molecule has 0 bridgehead atoms. The summed E-state index contributed by atoms with van der Waals surface area (Å²) in [6, 6.07) is 17.4. The zero-order valence-electron chi connectivity index (χ0n) is 10.0. The summed E-state index contributed by atoms with van der Waals surface area (Å²) < 4.78 is 0. The molecular formula is C15H18O2.